The molecule has 2 aromatic carbocycles. The van der Waals surface area contributed by atoms with E-state index in [-0.39, 0.29) is 0 Å². The summed E-state index contributed by atoms with van der Waals surface area (Å²) in [6.45, 7) is 2.20. The maximum absolute atomic E-state index is 12.7. The summed E-state index contributed by atoms with van der Waals surface area (Å²) in [5.41, 5.74) is -0.0119. The summed E-state index contributed by atoms with van der Waals surface area (Å²) in [6, 6.07) is 9.67. The van der Waals surface area contributed by atoms with Crippen LogP contribution in [0.15, 0.2) is 36.4 Å². The number of ether oxygens (including phenoxy) is 1. The zero-order chi connectivity index (χ0) is 21.7. The third kappa shape index (κ3) is 4.80. The van der Waals surface area contributed by atoms with Gasteiger partial charge in [-0.2, -0.15) is 0 Å². The van der Waals surface area contributed by atoms with Gasteiger partial charge in [-0.05, 0) is 37.6 Å². The van der Waals surface area contributed by atoms with E-state index in [0.29, 0.717) is 24.3 Å². The zero-order valence-corrected chi connectivity index (χ0v) is 17.4. The number of hydrogen-bond donors (Lipinski definition) is 3. The first-order valence-corrected chi connectivity index (χ1v) is 10.3. The van der Waals surface area contributed by atoms with E-state index in [1.54, 1.807) is 6.92 Å². The molecule has 1 fully saturated rings. The largest absolute Gasteiger partial charge is 0.481 e. The molecule has 3 N–H and O–H groups in total. The van der Waals surface area contributed by atoms with Gasteiger partial charge in [-0.1, -0.05) is 41.9 Å². The Morgan fingerprint density at radius 1 is 1.23 bits per heavy atom. The van der Waals surface area contributed by atoms with Gasteiger partial charge in [0.25, 0.3) is 0 Å². The molecule has 8 heteroatoms. The Balaban J connectivity index is 1.90. The number of rotatable bonds is 8. The van der Waals surface area contributed by atoms with Crippen LogP contribution in [0.25, 0.3) is 10.8 Å². The molecule has 1 heterocycles. The number of carboxylic acids is 1. The summed E-state index contributed by atoms with van der Waals surface area (Å²) in [6.07, 6.45) is 2.45. The summed E-state index contributed by atoms with van der Waals surface area (Å²) in [4.78, 5) is 34.6. The molecule has 3 atom stereocenters. The van der Waals surface area contributed by atoms with E-state index in [1.165, 1.54) is 0 Å². The number of carbonyl (C=O) groups is 3. The van der Waals surface area contributed by atoms with Crippen molar-refractivity contribution in [2.45, 2.75) is 50.4 Å². The Morgan fingerprint density at radius 3 is 2.60 bits per heavy atom. The Kier molecular flexibility index (Phi) is 7.07. The lowest BCUT2D eigenvalue weighted by Crippen LogP contribution is -2.56. The normalized spacial score (nSPS) is 21.0. The van der Waals surface area contributed by atoms with Gasteiger partial charge >= 0.3 is 5.97 Å². The Labute approximate surface area is 179 Å². The number of amides is 1. The van der Waals surface area contributed by atoms with Gasteiger partial charge in [0.2, 0.25) is 5.91 Å². The summed E-state index contributed by atoms with van der Waals surface area (Å²) >= 11 is 6.38. The number of hydrogen-bond acceptors (Lipinski definition) is 5. The molecule has 1 unspecified atom stereocenters. The van der Waals surface area contributed by atoms with Crippen LogP contribution < -0.4 is 10.6 Å². The van der Waals surface area contributed by atoms with Crippen LogP contribution >= 0.6 is 11.6 Å². The molecule has 0 bridgehead atoms. The third-order valence-corrected chi connectivity index (χ3v) is 5.64. The molecular weight excluding hydrogens is 408 g/mol. The average molecular weight is 433 g/mol. The van der Waals surface area contributed by atoms with Gasteiger partial charge in [0, 0.05) is 22.6 Å². The van der Waals surface area contributed by atoms with Crippen LogP contribution in [0.3, 0.4) is 0 Å². The summed E-state index contributed by atoms with van der Waals surface area (Å²) in [7, 11) is 0. The number of aldehydes is 1. The molecule has 1 saturated heterocycles. The number of carboxylic acid groups (broad SMARTS) is 1. The monoisotopic (exact) mass is 432 g/mol. The SMILES string of the molecule is C[C@H](NC1(c2ccc(Cl)c3ccccc23)CCCCO1)C(=O)N[C@H](C=O)CC(=O)O. The number of aliphatic carboxylic acids is 1. The second kappa shape index (κ2) is 9.55. The summed E-state index contributed by atoms with van der Waals surface area (Å²) < 4.78 is 6.22. The highest BCUT2D eigenvalue weighted by atomic mass is 35.5. The number of halogens is 1. The molecule has 7 nitrogen and oxygen atoms in total. The highest BCUT2D eigenvalue weighted by Gasteiger charge is 2.39. The van der Waals surface area contributed by atoms with Gasteiger partial charge in [-0.15, -0.1) is 0 Å². The first-order valence-electron chi connectivity index (χ1n) is 9.93. The molecule has 0 radical (unpaired) electrons. The van der Waals surface area contributed by atoms with E-state index in [9.17, 15) is 14.4 Å². The van der Waals surface area contributed by atoms with Gasteiger partial charge in [-0.25, -0.2) is 0 Å². The van der Waals surface area contributed by atoms with E-state index in [4.69, 9.17) is 21.4 Å². The third-order valence-electron chi connectivity index (χ3n) is 5.31. The van der Waals surface area contributed by atoms with Crippen LogP contribution in [0.2, 0.25) is 5.02 Å². The van der Waals surface area contributed by atoms with Crippen molar-refractivity contribution in [3.63, 3.8) is 0 Å². The summed E-state index contributed by atoms with van der Waals surface area (Å²) in [5, 5.41) is 17.1. The fourth-order valence-corrected chi connectivity index (χ4v) is 4.09. The molecular formula is C22H25ClN2O5. The number of carbonyl (C=O) groups excluding carboxylic acids is 2. The van der Waals surface area contributed by atoms with Gasteiger partial charge in [0.05, 0.1) is 18.5 Å². The lowest BCUT2D eigenvalue weighted by atomic mass is 9.89. The Bertz CT molecular complexity index is 942. The first kappa shape index (κ1) is 22.2. The Morgan fingerprint density at radius 2 is 1.97 bits per heavy atom. The molecule has 0 aromatic heterocycles. The van der Waals surface area contributed by atoms with E-state index in [2.05, 4.69) is 10.6 Å². The van der Waals surface area contributed by atoms with Crippen molar-refractivity contribution in [1.29, 1.82) is 0 Å². The van der Waals surface area contributed by atoms with Crippen LogP contribution in [-0.2, 0) is 24.8 Å². The molecule has 160 valence electrons. The maximum Gasteiger partial charge on any atom is 0.305 e. The molecule has 0 saturated carbocycles. The molecule has 1 aliphatic heterocycles. The van der Waals surface area contributed by atoms with Crippen LogP contribution in [0.5, 0.6) is 0 Å². The van der Waals surface area contributed by atoms with Gasteiger partial charge in [0.15, 0.2) is 0 Å². The number of fused-ring (bicyclic) bond motifs is 1. The molecule has 30 heavy (non-hydrogen) atoms. The highest BCUT2D eigenvalue weighted by molar-refractivity contribution is 6.35. The topological polar surface area (TPSA) is 105 Å². The van der Waals surface area contributed by atoms with Crippen molar-refractivity contribution in [2.24, 2.45) is 0 Å². The van der Waals surface area contributed by atoms with Crippen LogP contribution in [0.1, 0.15) is 38.2 Å². The zero-order valence-electron chi connectivity index (χ0n) is 16.7. The molecule has 0 spiro atoms. The molecule has 0 aliphatic carbocycles. The van der Waals surface area contributed by atoms with Crippen molar-refractivity contribution >= 4 is 40.5 Å². The predicted octanol–water partition coefficient (Wildman–Crippen LogP) is 2.98. The minimum Gasteiger partial charge on any atom is -0.481 e. The van der Waals surface area contributed by atoms with Crippen molar-refractivity contribution in [3.8, 4) is 0 Å². The van der Waals surface area contributed by atoms with E-state index in [0.717, 1.165) is 29.2 Å². The van der Waals surface area contributed by atoms with Gasteiger partial charge < -0.3 is 20.0 Å². The van der Waals surface area contributed by atoms with Crippen molar-refractivity contribution < 1.29 is 24.2 Å². The highest BCUT2D eigenvalue weighted by Crippen LogP contribution is 2.39. The standard InChI is InChI=1S/C22H25ClN2O5/c1-14(21(29)24-15(13-26)12-20(27)28)25-22(10-4-5-11-30-22)18-8-9-19(23)17-7-3-2-6-16(17)18/h2-3,6-9,13-15,25H,4-5,10-12H2,1H3,(H,24,29)(H,27,28)/t14-,15-,22?/m0/s1. The second-order valence-electron chi connectivity index (χ2n) is 7.49. The number of benzene rings is 2. The lowest BCUT2D eigenvalue weighted by Gasteiger charge is -2.41. The van der Waals surface area contributed by atoms with E-state index in [1.807, 2.05) is 36.4 Å². The van der Waals surface area contributed by atoms with Gasteiger partial charge in [-0.3, -0.25) is 14.9 Å². The minimum absolute atomic E-state index is 0.429. The molecule has 1 aliphatic rings. The summed E-state index contributed by atoms with van der Waals surface area (Å²) in [5.74, 6) is -1.63. The predicted molar refractivity (Wildman–Crippen MR) is 113 cm³/mol. The van der Waals surface area contributed by atoms with E-state index >= 15 is 0 Å². The molecule has 3 rings (SSSR count). The fourth-order valence-electron chi connectivity index (χ4n) is 3.86. The average Bonchev–Trinajstić information content (AvgIpc) is 2.73. The van der Waals surface area contributed by atoms with Crippen LogP contribution in [0.4, 0.5) is 0 Å². The molecule has 1 amide bonds. The minimum atomic E-state index is -1.16. The quantitative estimate of drug-likeness (QED) is 0.554. The van der Waals surface area contributed by atoms with Crippen molar-refractivity contribution in [3.05, 3.63) is 47.0 Å². The maximum atomic E-state index is 12.7. The van der Waals surface area contributed by atoms with Crippen LogP contribution in [0, 0.1) is 0 Å². The van der Waals surface area contributed by atoms with E-state index < -0.39 is 36.1 Å². The van der Waals surface area contributed by atoms with Crippen molar-refractivity contribution in [2.75, 3.05) is 6.61 Å². The van der Waals surface area contributed by atoms with Crippen molar-refractivity contribution in [1.82, 2.24) is 10.6 Å². The second-order valence-corrected chi connectivity index (χ2v) is 7.90. The fraction of sp³-hybridized carbons (Fsp3) is 0.409. The smallest absolute Gasteiger partial charge is 0.305 e. The van der Waals surface area contributed by atoms with Gasteiger partial charge in [0.1, 0.15) is 12.0 Å². The van der Waals surface area contributed by atoms with Crippen LogP contribution in [-0.4, -0.2) is 42.0 Å². The molecule has 2 aromatic rings. The number of nitrogens with one attached hydrogen (secondary N) is 2. The lowest BCUT2D eigenvalue weighted by molar-refractivity contribution is -0.140. The Hall–Kier alpha value is -2.48. The first-order chi connectivity index (χ1) is 14.4.